The largest absolute Gasteiger partial charge is 0.340 e. The molecular weight excluding hydrogens is 344 g/mol. The van der Waals surface area contributed by atoms with E-state index in [2.05, 4.69) is 5.32 Å². The van der Waals surface area contributed by atoms with Crippen molar-refractivity contribution >= 4 is 34.8 Å². The third-order valence-electron chi connectivity index (χ3n) is 3.68. The molecule has 1 N–H and O–H groups in total. The van der Waals surface area contributed by atoms with Crippen LogP contribution in [0.25, 0.3) is 0 Å². The zero-order valence-corrected chi connectivity index (χ0v) is 15.5. The van der Waals surface area contributed by atoms with Crippen LogP contribution in [-0.2, 0) is 11.3 Å². The Bertz CT molecular complexity index is 684. The minimum Gasteiger partial charge on any atom is -0.340 e. The van der Waals surface area contributed by atoms with Crippen molar-refractivity contribution in [3.8, 4) is 0 Å². The van der Waals surface area contributed by atoms with Gasteiger partial charge in [0.1, 0.15) is 6.04 Å². The quantitative estimate of drug-likeness (QED) is 0.847. The predicted molar refractivity (Wildman–Crippen MR) is 98.3 cm³/mol. The first kappa shape index (κ1) is 18.5. The van der Waals surface area contributed by atoms with Crippen LogP contribution in [0.3, 0.4) is 0 Å². The molecule has 1 unspecified atom stereocenters. The second-order valence-corrected chi connectivity index (χ2v) is 7.44. The Labute approximate surface area is 151 Å². The van der Waals surface area contributed by atoms with Crippen molar-refractivity contribution in [3.05, 3.63) is 57.2 Å². The molecule has 0 fully saturated rings. The van der Waals surface area contributed by atoms with Gasteiger partial charge in [-0.2, -0.15) is 0 Å². The highest BCUT2D eigenvalue weighted by Crippen LogP contribution is 2.14. The van der Waals surface area contributed by atoms with E-state index in [1.165, 1.54) is 0 Å². The summed E-state index contributed by atoms with van der Waals surface area (Å²) in [6.07, 6.45) is 0. The van der Waals surface area contributed by atoms with Gasteiger partial charge in [0.2, 0.25) is 5.91 Å². The van der Waals surface area contributed by atoms with Crippen molar-refractivity contribution in [2.75, 3.05) is 7.05 Å². The highest BCUT2D eigenvalue weighted by atomic mass is 35.5. The monoisotopic (exact) mass is 364 g/mol. The Kier molecular flexibility index (Phi) is 6.40. The molecule has 2 aromatic rings. The molecule has 0 saturated heterocycles. The van der Waals surface area contributed by atoms with E-state index in [9.17, 15) is 9.59 Å². The van der Waals surface area contributed by atoms with Gasteiger partial charge in [0.25, 0.3) is 5.91 Å². The fourth-order valence-corrected chi connectivity index (χ4v) is 3.17. The maximum absolute atomic E-state index is 12.7. The lowest BCUT2D eigenvalue weighted by atomic mass is 10.0. The summed E-state index contributed by atoms with van der Waals surface area (Å²) in [5, 5.41) is 5.39. The van der Waals surface area contributed by atoms with Gasteiger partial charge in [0.15, 0.2) is 0 Å². The molecule has 1 aromatic carbocycles. The lowest BCUT2D eigenvalue weighted by Crippen LogP contribution is -2.49. The Morgan fingerprint density at radius 1 is 1.21 bits per heavy atom. The van der Waals surface area contributed by atoms with E-state index in [0.717, 1.165) is 4.88 Å². The number of benzene rings is 1. The number of halogens is 1. The van der Waals surface area contributed by atoms with Crippen LogP contribution in [0.4, 0.5) is 0 Å². The number of nitrogens with zero attached hydrogens (tertiary/aromatic N) is 1. The second kappa shape index (κ2) is 8.31. The van der Waals surface area contributed by atoms with Crippen molar-refractivity contribution in [1.82, 2.24) is 10.2 Å². The summed E-state index contributed by atoms with van der Waals surface area (Å²) in [6, 6.07) is 9.99. The number of nitrogens with one attached hydrogen (secondary N) is 1. The SMILES string of the molecule is CC(C)C(NC(=O)c1ccc(Cl)cc1)C(=O)N(C)Cc1cccs1. The van der Waals surface area contributed by atoms with Crippen LogP contribution in [0.5, 0.6) is 0 Å². The normalized spacial score (nSPS) is 12.0. The van der Waals surface area contributed by atoms with Gasteiger partial charge in [-0.1, -0.05) is 31.5 Å². The molecule has 4 nitrogen and oxygen atoms in total. The van der Waals surface area contributed by atoms with Crippen LogP contribution in [0, 0.1) is 5.92 Å². The lowest BCUT2D eigenvalue weighted by Gasteiger charge is -2.27. The van der Waals surface area contributed by atoms with Crippen LogP contribution < -0.4 is 5.32 Å². The van der Waals surface area contributed by atoms with Crippen molar-refractivity contribution in [1.29, 1.82) is 0 Å². The smallest absolute Gasteiger partial charge is 0.251 e. The number of rotatable bonds is 6. The standard InChI is InChI=1S/C18H21ClN2O2S/c1-12(2)16(18(23)21(3)11-15-5-4-10-24-15)20-17(22)13-6-8-14(19)9-7-13/h4-10,12,16H,11H2,1-3H3,(H,20,22). The summed E-state index contributed by atoms with van der Waals surface area (Å²) in [6.45, 7) is 4.38. The molecule has 0 aliphatic rings. The highest BCUT2D eigenvalue weighted by molar-refractivity contribution is 7.09. The maximum Gasteiger partial charge on any atom is 0.251 e. The molecule has 0 aliphatic carbocycles. The first-order chi connectivity index (χ1) is 11.4. The minimum absolute atomic E-state index is 0.0143. The first-order valence-electron chi connectivity index (χ1n) is 7.72. The zero-order valence-electron chi connectivity index (χ0n) is 14.0. The van der Waals surface area contributed by atoms with Gasteiger partial charge in [0, 0.05) is 22.5 Å². The van der Waals surface area contributed by atoms with E-state index in [0.29, 0.717) is 17.1 Å². The summed E-state index contributed by atoms with van der Waals surface area (Å²) in [7, 11) is 1.76. The molecule has 2 amide bonds. The fraction of sp³-hybridized carbons (Fsp3) is 0.333. The summed E-state index contributed by atoms with van der Waals surface area (Å²) in [4.78, 5) is 27.9. The summed E-state index contributed by atoms with van der Waals surface area (Å²) < 4.78 is 0. The number of thiophene rings is 1. The van der Waals surface area contributed by atoms with Crippen LogP contribution in [0.15, 0.2) is 41.8 Å². The first-order valence-corrected chi connectivity index (χ1v) is 8.98. The van der Waals surface area contributed by atoms with Crippen molar-refractivity contribution in [2.24, 2.45) is 5.92 Å². The van der Waals surface area contributed by atoms with Gasteiger partial charge in [-0.15, -0.1) is 11.3 Å². The molecular formula is C18H21ClN2O2S. The maximum atomic E-state index is 12.7. The summed E-state index contributed by atoms with van der Waals surface area (Å²) in [5.74, 6) is -0.386. The van der Waals surface area contributed by atoms with E-state index in [4.69, 9.17) is 11.6 Å². The van der Waals surface area contributed by atoms with E-state index < -0.39 is 6.04 Å². The van der Waals surface area contributed by atoms with Crippen molar-refractivity contribution in [2.45, 2.75) is 26.4 Å². The van der Waals surface area contributed by atoms with E-state index in [-0.39, 0.29) is 17.7 Å². The topological polar surface area (TPSA) is 49.4 Å². The summed E-state index contributed by atoms with van der Waals surface area (Å²) >= 11 is 7.45. The number of carbonyl (C=O) groups excluding carboxylic acids is 2. The van der Waals surface area contributed by atoms with Crippen LogP contribution in [0.2, 0.25) is 5.02 Å². The molecule has 1 atom stereocenters. The molecule has 24 heavy (non-hydrogen) atoms. The molecule has 0 radical (unpaired) electrons. The summed E-state index contributed by atoms with van der Waals surface area (Å²) in [5.41, 5.74) is 0.485. The highest BCUT2D eigenvalue weighted by Gasteiger charge is 2.27. The van der Waals surface area contributed by atoms with Gasteiger partial charge in [-0.3, -0.25) is 9.59 Å². The Morgan fingerprint density at radius 3 is 2.42 bits per heavy atom. The molecule has 128 valence electrons. The van der Waals surface area contributed by atoms with Crippen LogP contribution in [0.1, 0.15) is 29.1 Å². The third-order valence-corrected chi connectivity index (χ3v) is 4.79. The predicted octanol–water partition coefficient (Wildman–Crippen LogP) is 3.81. The van der Waals surface area contributed by atoms with Gasteiger partial charge >= 0.3 is 0 Å². The van der Waals surface area contributed by atoms with Gasteiger partial charge < -0.3 is 10.2 Å². The number of hydrogen-bond donors (Lipinski definition) is 1. The zero-order chi connectivity index (χ0) is 17.7. The van der Waals surface area contributed by atoms with Crippen molar-refractivity contribution < 1.29 is 9.59 Å². The molecule has 0 bridgehead atoms. The average Bonchev–Trinajstić information content (AvgIpc) is 3.05. The van der Waals surface area contributed by atoms with Crippen LogP contribution >= 0.6 is 22.9 Å². The molecule has 0 saturated carbocycles. The third kappa shape index (κ3) is 4.82. The molecule has 0 aliphatic heterocycles. The Hall–Kier alpha value is -1.85. The molecule has 2 rings (SSSR count). The Morgan fingerprint density at radius 2 is 1.88 bits per heavy atom. The van der Waals surface area contributed by atoms with Gasteiger partial charge in [-0.25, -0.2) is 0 Å². The molecule has 1 heterocycles. The van der Waals surface area contributed by atoms with E-state index in [1.54, 1.807) is 47.5 Å². The second-order valence-electron chi connectivity index (χ2n) is 5.98. The fourth-order valence-electron chi connectivity index (χ4n) is 2.29. The van der Waals surface area contributed by atoms with Gasteiger partial charge in [-0.05, 0) is 41.6 Å². The lowest BCUT2D eigenvalue weighted by molar-refractivity contribution is -0.133. The van der Waals surface area contributed by atoms with E-state index >= 15 is 0 Å². The minimum atomic E-state index is -0.571. The average molecular weight is 365 g/mol. The molecule has 0 spiro atoms. The number of amides is 2. The number of hydrogen-bond acceptors (Lipinski definition) is 3. The number of carbonyl (C=O) groups is 2. The van der Waals surface area contributed by atoms with E-state index in [1.807, 2.05) is 31.4 Å². The molecule has 1 aromatic heterocycles. The van der Waals surface area contributed by atoms with Crippen molar-refractivity contribution in [3.63, 3.8) is 0 Å². The Balaban J connectivity index is 2.06. The number of likely N-dealkylation sites (N-methyl/N-ethyl adjacent to an activating group) is 1. The van der Waals surface area contributed by atoms with Crippen LogP contribution in [-0.4, -0.2) is 29.8 Å². The molecule has 6 heteroatoms. The van der Waals surface area contributed by atoms with Gasteiger partial charge in [0.05, 0.1) is 6.54 Å².